The van der Waals surface area contributed by atoms with Crippen molar-refractivity contribution >= 4 is 16.9 Å². The van der Waals surface area contributed by atoms with Crippen LogP contribution in [0.5, 0.6) is 0 Å². The Morgan fingerprint density at radius 3 is 2.65 bits per heavy atom. The lowest BCUT2D eigenvalue weighted by molar-refractivity contribution is -0.121. The van der Waals surface area contributed by atoms with Crippen molar-refractivity contribution in [3.63, 3.8) is 0 Å². The second kappa shape index (κ2) is 7.75. The molecule has 1 N–H and O–H groups in total. The van der Waals surface area contributed by atoms with Gasteiger partial charge in [0.05, 0.1) is 12.7 Å². The molecule has 1 saturated heterocycles. The Kier molecular flexibility index (Phi) is 5.02. The first-order valence-corrected chi connectivity index (χ1v) is 9.29. The molecule has 0 bridgehead atoms. The first-order valence-electron chi connectivity index (χ1n) is 9.29. The Balaban J connectivity index is 1.27. The minimum Gasteiger partial charge on any atom is -0.464 e. The van der Waals surface area contributed by atoms with E-state index in [9.17, 15) is 4.79 Å². The number of rotatable bonds is 5. The second-order valence-corrected chi connectivity index (χ2v) is 7.03. The number of benzene rings is 2. The maximum absolute atomic E-state index is 12.5. The van der Waals surface area contributed by atoms with E-state index >= 15 is 0 Å². The molecule has 1 aliphatic heterocycles. The van der Waals surface area contributed by atoms with Crippen LogP contribution in [-0.4, -0.2) is 29.9 Å². The summed E-state index contributed by atoms with van der Waals surface area (Å²) < 4.78 is 5.41. The molecule has 2 heterocycles. The fraction of sp³-hybridized carbons (Fsp3) is 0.318. The first kappa shape index (κ1) is 16.9. The first-order chi connectivity index (χ1) is 12.8. The van der Waals surface area contributed by atoms with Gasteiger partial charge in [-0.3, -0.25) is 9.69 Å². The van der Waals surface area contributed by atoms with Crippen molar-refractivity contribution in [1.29, 1.82) is 0 Å². The predicted octanol–water partition coefficient (Wildman–Crippen LogP) is 3.76. The van der Waals surface area contributed by atoms with Crippen molar-refractivity contribution in [3.8, 4) is 0 Å². The number of carbonyl (C=O) groups is 1. The number of hydrogen-bond acceptors (Lipinski definition) is 3. The molecule has 1 amide bonds. The lowest BCUT2D eigenvalue weighted by Gasteiger charge is -2.32. The fourth-order valence-electron chi connectivity index (χ4n) is 3.74. The van der Waals surface area contributed by atoms with Crippen molar-refractivity contribution in [2.24, 2.45) is 0 Å². The molecule has 0 aliphatic carbocycles. The summed E-state index contributed by atoms with van der Waals surface area (Å²) in [6, 6.07) is 18.6. The largest absolute Gasteiger partial charge is 0.464 e. The Labute approximate surface area is 153 Å². The van der Waals surface area contributed by atoms with Gasteiger partial charge in [0.15, 0.2) is 0 Å². The molecule has 1 fully saturated rings. The molecule has 3 aromatic rings. The summed E-state index contributed by atoms with van der Waals surface area (Å²) in [6.07, 6.45) is 4.10. The smallest absolute Gasteiger partial charge is 0.224 e. The zero-order chi connectivity index (χ0) is 17.8. The molecular formula is C22H24N2O2. The van der Waals surface area contributed by atoms with Crippen LogP contribution in [0.25, 0.3) is 11.0 Å². The van der Waals surface area contributed by atoms with Crippen molar-refractivity contribution in [2.75, 3.05) is 13.1 Å². The minimum absolute atomic E-state index is 0.0974. The molecule has 4 rings (SSSR count). The van der Waals surface area contributed by atoms with E-state index in [2.05, 4.69) is 40.5 Å². The molecule has 1 aliphatic rings. The van der Waals surface area contributed by atoms with E-state index in [0.717, 1.165) is 49.0 Å². The van der Waals surface area contributed by atoms with Crippen molar-refractivity contribution in [1.82, 2.24) is 10.2 Å². The summed E-state index contributed by atoms with van der Waals surface area (Å²) in [4.78, 5) is 14.9. The molecule has 2 aromatic carbocycles. The quantitative estimate of drug-likeness (QED) is 0.764. The highest BCUT2D eigenvalue weighted by Crippen LogP contribution is 2.20. The van der Waals surface area contributed by atoms with E-state index in [1.54, 1.807) is 6.26 Å². The highest BCUT2D eigenvalue weighted by atomic mass is 16.3. The van der Waals surface area contributed by atoms with Gasteiger partial charge in [0.1, 0.15) is 5.58 Å². The summed E-state index contributed by atoms with van der Waals surface area (Å²) >= 11 is 0. The Morgan fingerprint density at radius 2 is 1.85 bits per heavy atom. The third-order valence-corrected chi connectivity index (χ3v) is 5.14. The normalized spacial score (nSPS) is 16.0. The number of hydrogen-bond donors (Lipinski definition) is 1. The number of nitrogens with one attached hydrogen (secondary N) is 1. The van der Waals surface area contributed by atoms with Gasteiger partial charge in [-0.05, 0) is 36.1 Å². The molecule has 26 heavy (non-hydrogen) atoms. The molecule has 134 valence electrons. The van der Waals surface area contributed by atoms with Crippen LogP contribution in [-0.2, 0) is 17.8 Å². The zero-order valence-electron chi connectivity index (χ0n) is 14.9. The predicted molar refractivity (Wildman–Crippen MR) is 103 cm³/mol. The van der Waals surface area contributed by atoms with E-state index in [0.29, 0.717) is 6.42 Å². The monoisotopic (exact) mass is 348 g/mol. The lowest BCUT2D eigenvalue weighted by atomic mass is 10.0. The van der Waals surface area contributed by atoms with Gasteiger partial charge in [0.25, 0.3) is 0 Å². The zero-order valence-corrected chi connectivity index (χ0v) is 14.9. The van der Waals surface area contributed by atoms with E-state index in [4.69, 9.17) is 4.42 Å². The van der Waals surface area contributed by atoms with Crippen LogP contribution in [0.2, 0.25) is 0 Å². The standard InChI is InChI=1S/C22H24N2O2/c25-22(15-18-7-4-8-21-20(18)11-14-26-21)23-19-9-12-24(13-10-19)16-17-5-2-1-3-6-17/h1-8,11,14,19H,9-10,12-13,15-16H2,(H,23,25). The topological polar surface area (TPSA) is 45.5 Å². The minimum atomic E-state index is 0.0974. The number of furan rings is 1. The SMILES string of the molecule is O=C(Cc1cccc2occc12)NC1CCN(Cc2ccccc2)CC1. The molecule has 4 heteroatoms. The third-order valence-electron chi connectivity index (χ3n) is 5.14. The Bertz CT molecular complexity index is 864. The van der Waals surface area contributed by atoms with E-state index in [1.165, 1.54) is 5.56 Å². The van der Waals surface area contributed by atoms with Crippen LogP contribution in [0.3, 0.4) is 0 Å². The average Bonchev–Trinajstić information content (AvgIpc) is 3.14. The van der Waals surface area contributed by atoms with Gasteiger partial charge in [-0.15, -0.1) is 0 Å². The van der Waals surface area contributed by atoms with Gasteiger partial charge in [-0.25, -0.2) is 0 Å². The fourth-order valence-corrected chi connectivity index (χ4v) is 3.74. The van der Waals surface area contributed by atoms with E-state index in [-0.39, 0.29) is 11.9 Å². The highest BCUT2D eigenvalue weighted by molar-refractivity contribution is 5.87. The van der Waals surface area contributed by atoms with Crippen molar-refractivity contribution in [2.45, 2.75) is 31.8 Å². The molecular weight excluding hydrogens is 324 g/mol. The summed E-state index contributed by atoms with van der Waals surface area (Å²) in [5.41, 5.74) is 3.21. The molecule has 0 saturated carbocycles. The van der Waals surface area contributed by atoms with Gasteiger partial charge in [-0.1, -0.05) is 42.5 Å². The average molecular weight is 348 g/mol. The number of piperidine rings is 1. The van der Waals surface area contributed by atoms with Crippen LogP contribution < -0.4 is 5.32 Å². The summed E-state index contributed by atoms with van der Waals surface area (Å²) in [6.45, 7) is 3.04. The van der Waals surface area contributed by atoms with Gasteiger partial charge in [0, 0.05) is 31.1 Å². The number of amides is 1. The third kappa shape index (κ3) is 3.97. The van der Waals surface area contributed by atoms with Crippen LogP contribution in [0.1, 0.15) is 24.0 Å². The molecule has 0 atom stereocenters. The maximum Gasteiger partial charge on any atom is 0.224 e. The summed E-state index contributed by atoms with van der Waals surface area (Å²) in [5, 5.41) is 4.24. The molecule has 0 radical (unpaired) electrons. The molecule has 0 spiro atoms. The summed E-state index contributed by atoms with van der Waals surface area (Å²) in [5.74, 6) is 0.0974. The number of carbonyl (C=O) groups excluding carboxylic acids is 1. The Hall–Kier alpha value is -2.59. The lowest BCUT2D eigenvalue weighted by Crippen LogP contribution is -2.44. The van der Waals surface area contributed by atoms with Gasteiger partial charge >= 0.3 is 0 Å². The van der Waals surface area contributed by atoms with E-state index < -0.39 is 0 Å². The number of fused-ring (bicyclic) bond motifs is 1. The van der Waals surface area contributed by atoms with Crippen molar-refractivity contribution in [3.05, 3.63) is 72.0 Å². The highest BCUT2D eigenvalue weighted by Gasteiger charge is 2.21. The van der Waals surface area contributed by atoms with Crippen LogP contribution in [0.15, 0.2) is 65.3 Å². The van der Waals surface area contributed by atoms with Gasteiger partial charge < -0.3 is 9.73 Å². The van der Waals surface area contributed by atoms with Crippen LogP contribution in [0, 0.1) is 0 Å². The van der Waals surface area contributed by atoms with Gasteiger partial charge in [0.2, 0.25) is 5.91 Å². The summed E-state index contributed by atoms with van der Waals surface area (Å²) in [7, 11) is 0. The number of nitrogens with zero attached hydrogens (tertiary/aromatic N) is 1. The molecule has 0 unspecified atom stereocenters. The molecule has 1 aromatic heterocycles. The van der Waals surface area contributed by atoms with Crippen LogP contribution >= 0.6 is 0 Å². The van der Waals surface area contributed by atoms with Gasteiger partial charge in [-0.2, -0.15) is 0 Å². The maximum atomic E-state index is 12.5. The van der Waals surface area contributed by atoms with E-state index in [1.807, 2.05) is 24.3 Å². The molecule has 4 nitrogen and oxygen atoms in total. The second-order valence-electron chi connectivity index (χ2n) is 7.03. The van der Waals surface area contributed by atoms with Crippen LogP contribution in [0.4, 0.5) is 0 Å². The Morgan fingerprint density at radius 1 is 1.04 bits per heavy atom. The van der Waals surface area contributed by atoms with Crippen molar-refractivity contribution < 1.29 is 9.21 Å². The number of likely N-dealkylation sites (tertiary alicyclic amines) is 1.